The normalized spacial score (nSPS) is 15.1. The minimum absolute atomic E-state index is 0.767. The Morgan fingerprint density at radius 2 is 2.25 bits per heavy atom. The Morgan fingerprint density at radius 3 is 2.81 bits per heavy atom. The van der Waals surface area contributed by atoms with Gasteiger partial charge in [-0.3, -0.25) is 4.98 Å². The zero-order valence-electron chi connectivity index (χ0n) is 9.62. The van der Waals surface area contributed by atoms with Crippen molar-refractivity contribution in [3.8, 4) is 0 Å². The molecule has 16 heavy (non-hydrogen) atoms. The Morgan fingerprint density at radius 1 is 1.50 bits per heavy atom. The molecule has 1 fully saturated rings. The molecule has 2 N–H and O–H groups in total. The predicted octanol–water partition coefficient (Wildman–Crippen LogP) is 3.05. The van der Waals surface area contributed by atoms with E-state index in [1.165, 1.54) is 12.8 Å². The van der Waals surface area contributed by atoms with Gasteiger partial charge in [-0.2, -0.15) is 0 Å². The number of rotatable bonds is 5. The number of hydrogen-bond donors (Lipinski definition) is 1. The molecule has 88 valence electrons. The number of pyridine rings is 1. The summed E-state index contributed by atoms with van der Waals surface area (Å²) in [6, 6.07) is 0. The molecule has 0 bridgehead atoms. The number of nitrogens with zero attached hydrogens (tertiary/aromatic N) is 2. The lowest BCUT2D eigenvalue weighted by Gasteiger charge is -2.26. The second-order valence-corrected chi connectivity index (χ2v) is 5.30. The van der Waals surface area contributed by atoms with Gasteiger partial charge in [0.15, 0.2) is 0 Å². The van der Waals surface area contributed by atoms with Gasteiger partial charge in [-0.1, -0.05) is 6.92 Å². The number of hydrogen-bond acceptors (Lipinski definition) is 3. The molecule has 1 aromatic rings. The average molecular weight is 284 g/mol. The largest absolute Gasteiger partial charge is 0.396 e. The first-order valence-electron chi connectivity index (χ1n) is 5.86. The molecule has 0 saturated heterocycles. The fraction of sp³-hybridized carbons (Fsp3) is 0.583. The molecule has 0 aromatic carbocycles. The van der Waals surface area contributed by atoms with Gasteiger partial charge >= 0.3 is 0 Å². The Labute approximate surface area is 105 Å². The molecule has 0 spiro atoms. The summed E-state index contributed by atoms with van der Waals surface area (Å²) in [5, 5.41) is 0. The maximum atomic E-state index is 6.01. The lowest BCUT2D eigenvalue weighted by Crippen LogP contribution is -2.27. The molecule has 0 radical (unpaired) electrons. The van der Waals surface area contributed by atoms with E-state index in [2.05, 4.69) is 32.7 Å². The predicted molar refractivity (Wildman–Crippen MR) is 71.6 cm³/mol. The summed E-state index contributed by atoms with van der Waals surface area (Å²) in [5.41, 5.74) is 7.90. The Balaban J connectivity index is 2.21. The molecular formula is C12H18BrN3. The van der Waals surface area contributed by atoms with Gasteiger partial charge < -0.3 is 10.6 Å². The fourth-order valence-electron chi connectivity index (χ4n) is 1.95. The first-order valence-corrected chi connectivity index (χ1v) is 6.65. The average Bonchev–Trinajstić information content (AvgIpc) is 3.01. The highest BCUT2D eigenvalue weighted by Crippen LogP contribution is 2.36. The minimum atomic E-state index is 0.767. The summed E-state index contributed by atoms with van der Waals surface area (Å²) < 4.78 is 1.00. The van der Waals surface area contributed by atoms with E-state index in [9.17, 15) is 0 Å². The number of nitrogens with two attached hydrogens (primary N) is 1. The highest BCUT2D eigenvalue weighted by atomic mass is 79.9. The third-order valence-electron chi connectivity index (χ3n) is 2.89. The Bertz CT molecular complexity index is 343. The van der Waals surface area contributed by atoms with Crippen LogP contribution in [0.25, 0.3) is 0 Å². The van der Waals surface area contributed by atoms with Crippen LogP contribution in [0.5, 0.6) is 0 Å². The van der Waals surface area contributed by atoms with Crippen molar-refractivity contribution in [2.24, 2.45) is 5.92 Å². The molecule has 1 aliphatic carbocycles. The number of nitrogen functional groups attached to an aromatic ring is 1. The molecule has 4 heteroatoms. The molecule has 2 rings (SSSR count). The van der Waals surface area contributed by atoms with Crippen LogP contribution in [-0.4, -0.2) is 18.1 Å². The summed E-state index contributed by atoms with van der Waals surface area (Å²) in [4.78, 5) is 6.47. The van der Waals surface area contributed by atoms with Crippen LogP contribution in [0.1, 0.15) is 26.2 Å². The summed E-state index contributed by atoms with van der Waals surface area (Å²) in [5.74, 6) is 0.867. The van der Waals surface area contributed by atoms with Gasteiger partial charge in [0.05, 0.1) is 22.0 Å². The molecule has 3 nitrogen and oxygen atoms in total. The van der Waals surface area contributed by atoms with Gasteiger partial charge in [-0.25, -0.2) is 0 Å². The van der Waals surface area contributed by atoms with Crippen LogP contribution in [0, 0.1) is 5.92 Å². The molecule has 0 unspecified atom stereocenters. The molecular weight excluding hydrogens is 266 g/mol. The van der Waals surface area contributed by atoms with Crippen LogP contribution >= 0.6 is 15.9 Å². The molecule has 0 aliphatic heterocycles. The lowest BCUT2D eigenvalue weighted by molar-refractivity contribution is 0.707. The van der Waals surface area contributed by atoms with Crippen molar-refractivity contribution in [3.63, 3.8) is 0 Å². The summed E-state index contributed by atoms with van der Waals surface area (Å²) >= 11 is 3.54. The summed E-state index contributed by atoms with van der Waals surface area (Å²) in [7, 11) is 0. The zero-order valence-corrected chi connectivity index (χ0v) is 11.2. The zero-order chi connectivity index (χ0) is 11.5. The van der Waals surface area contributed by atoms with Crippen LogP contribution in [-0.2, 0) is 0 Å². The van der Waals surface area contributed by atoms with Crippen molar-refractivity contribution in [2.45, 2.75) is 26.2 Å². The van der Waals surface area contributed by atoms with Gasteiger partial charge in [0.2, 0.25) is 0 Å². The smallest absolute Gasteiger partial charge is 0.0776 e. The van der Waals surface area contributed by atoms with Crippen molar-refractivity contribution in [3.05, 3.63) is 16.9 Å². The third kappa shape index (κ3) is 2.67. The Kier molecular flexibility index (Phi) is 3.69. The van der Waals surface area contributed by atoms with Crippen molar-refractivity contribution in [1.29, 1.82) is 0 Å². The van der Waals surface area contributed by atoms with E-state index in [-0.39, 0.29) is 0 Å². The number of halogens is 1. The van der Waals surface area contributed by atoms with Crippen molar-refractivity contribution < 1.29 is 0 Å². The SMILES string of the molecule is CCCN(CC1CC1)c1c(N)cncc1Br. The van der Waals surface area contributed by atoms with Gasteiger partial charge in [0, 0.05) is 19.3 Å². The van der Waals surface area contributed by atoms with E-state index in [1.807, 2.05) is 6.20 Å². The Hall–Kier alpha value is -0.770. The van der Waals surface area contributed by atoms with Gasteiger partial charge in [-0.15, -0.1) is 0 Å². The van der Waals surface area contributed by atoms with E-state index in [0.717, 1.165) is 41.3 Å². The highest BCUT2D eigenvalue weighted by Gasteiger charge is 2.25. The first-order chi connectivity index (χ1) is 7.72. The van der Waals surface area contributed by atoms with Crippen LogP contribution < -0.4 is 10.6 Å². The van der Waals surface area contributed by atoms with Gasteiger partial charge in [-0.05, 0) is 41.1 Å². The molecule has 1 heterocycles. The van der Waals surface area contributed by atoms with E-state index >= 15 is 0 Å². The number of anilines is 2. The standard InChI is InChI=1S/C12H18BrN3/c1-2-5-16(8-9-3-4-9)12-10(13)6-15-7-11(12)14/h6-7,9H,2-5,8,14H2,1H3. The van der Waals surface area contributed by atoms with E-state index in [4.69, 9.17) is 5.73 Å². The van der Waals surface area contributed by atoms with E-state index in [1.54, 1.807) is 6.20 Å². The summed E-state index contributed by atoms with van der Waals surface area (Å²) in [6.45, 7) is 4.38. The van der Waals surface area contributed by atoms with E-state index in [0.29, 0.717) is 0 Å². The molecule has 1 saturated carbocycles. The first kappa shape index (κ1) is 11.7. The lowest BCUT2D eigenvalue weighted by atomic mass is 10.2. The second kappa shape index (κ2) is 5.04. The maximum Gasteiger partial charge on any atom is 0.0776 e. The van der Waals surface area contributed by atoms with Crippen LogP contribution in [0.4, 0.5) is 11.4 Å². The highest BCUT2D eigenvalue weighted by molar-refractivity contribution is 9.10. The molecule has 0 atom stereocenters. The topological polar surface area (TPSA) is 42.1 Å². The minimum Gasteiger partial charge on any atom is -0.396 e. The monoisotopic (exact) mass is 283 g/mol. The van der Waals surface area contributed by atoms with Crippen molar-refractivity contribution >= 4 is 27.3 Å². The second-order valence-electron chi connectivity index (χ2n) is 4.45. The quantitative estimate of drug-likeness (QED) is 0.903. The van der Waals surface area contributed by atoms with E-state index < -0.39 is 0 Å². The molecule has 1 aromatic heterocycles. The maximum absolute atomic E-state index is 6.01. The molecule has 1 aliphatic rings. The van der Waals surface area contributed by atoms with Crippen molar-refractivity contribution in [2.75, 3.05) is 23.7 Å². The van der Waals surface area contributed by atoms with Crippen LogP contribution in [0.2, 0.25) is 0 Å². The fourth-order valence-corrected chi connectivity index (χ4v) is 2.55. The summed E-state index contributed by atoms with van der Waals surface area (Å²) in [6.07, 6.45) is 7.42. The van der Waals surface area contributed by atoms with Gasteiger partial charge in [0.25, 0.3) is 0 Å². The van der Waals surface area contributed by atoms with Crippen molar-refractivity contribution in [1.82, 2.24) is 4.98 Å². The number of aromatic nitrogens is 1. The third-order valence-corrected chi connectivity index (χ3v) is 3.47. The van der Waals surface area contributed by atoms with Gasteiger partial charge in [0.1, 0.15) is 0 Å². The molecule has 0 amide bonds. The van der Waals surface area contributed by atoms with Crippen LogP contribution in [0.15, 0.2) is 16.9 Å². The van der Waals surface area contributed by atoms with Crippen LogP contribution in [0.3, 0.4) is 0 Å².